The summed E-state index contributed by atoms with van der Waals surface area (Å²) in [4.78, 5) is 0. The lowest BCUT2D eigenvalue weighted by atomic mass is 10.1. The fourth-order valence-corrected chi connectivity index (χ4v) is 0.900. The van der Waals surface area contributed by atoms with Crippen molar-refractivity contribution >= 4 is 0 Å². The lowest BCUT2D eigenvalue weighted by Gasteiger charge is -1.94. The van der Waals surface area contributed by atoms with Crippen molar-refractivity contribution in [1.82, 2.24) is 0 Å². The molecule has 1 aliphatic carbocycles. The van der Waals surface area contributed by atoms with Gasteiger partial charge < -0.3 is 5.73 Å². The summed E-state index contributed by atoms with van der Waals surface area (Å²) in [6, 6.07) is 0. The molecule has 2 N–H and O–H groups in total. The van der Waals surface area contributed by atoms with Crippen molar-refractivity contribution in [1.29, 1.82) is 0 Å². The van der Waals surface area contributed by atoms with Crippen LogP contribution in [0.25, 0.3) is 0 Å². The normalized spacial score (nSPS) is 18.3. The van der Waals surface area contributed by atoms with Crippen molar-refractivity contribution in [2.75, 3.05) is 6.54 Å². The largest absolute Gasteiger partial charge is 0.330 e. The third-order valence-corrected chi connectivity index (χ3v) is 1.66. The van der Waals surface area contributed by atoms with Crippen molar-refractivity contribution in [3.63, 3.8) is 0 Å². The summed E-state index contributed by atoms with van der Waals surface area (Å²) in [5.41, 5.74) is 5.29. The lowest BCUT2D eigenvalue weighted by molar-refractivity contribution is 0.810. The van der Waals surface area contributed by atoms with Crippen molar-refractivity contribution in [3.05, 3.63) is 12.8 Å². The molecule has 1 fully saturated rings. The Hall–Kier alpha value is -0.0400. The standard InChI is InChI=1S/C8H15N/c9-7-3-1-2-4-8-5-6-8/h3-4,8H,1-2,5-7,9H2. The van der Waals surface area contributed by atoms with Crippen LogP contribution in [0.2, 0.25) is 0 Å². The van der Waals surface area contributed by atoms with Crippen LogP contribution in [0.1, 0.15) is 25.7 Å². The van der Waals surface area contributed by atoms with Crippen LogP contribution in [0.5, 0.6) is 0 Å². The van der Waals surface area contributed by atoms with Crippen LogP contribution in [0.15, 0.2) is 0 Å². The smallest absolute Gasteiger partial charge is 0.00457 e. The van der Waals surface area contributed by atoms with Gasteiger partial charge in [0.15, 0.2) is 0 Å². The molecule has 0 aliphatic heterocycles. The van der Waals surface area contributed by atoms with Gasteiger partial charge in [0.25, 0.3) is 0 Å². The van der Waals surface area contributed by atoms with Gasteiger partial charge in [-0.15, -0.1) is 0 Å². The van der Waals surface area contributed by atoms with Crippen LogP contribution < -0.4 is 5.73 Å². The number of unbranched alkanes of at least 4 members (excludes halogenated alkanes) is 2. The minimum absolute atomic E-state index is 0.735. The van der Waals surface area contributed by atoms with E-state index in [2.05, 4.69) is 12.8 Å². The Morgan fingerprint density at radius 1 is 1.33 bits per heavy atom. The first-order valence-corrected chi connectivity index (χ1v) is 3.78. The molecule has 0 saturated heterocycles. The highest BCUT2D eigenvalue weighted by molar-refractivity contribution is 4.87. The highest BCUT2D eigenvalue weighted by atomic mass is 14.5. The molecule has 1 rings (SSSR count). The van der Waals surface area contributed by atoms with Gasteiger partial charge in [-0.1, -0.05) is 0 Å². The maximum Gasteiger partial charge on any atom is -0.00457 e. The van der Waals surface area contributed by atoms with Gasteiger partial charge in [-0.3, -0.25) is 0 Å². The summed E-state index contributed by atoms with van der Waals surface area (Å²) in [6.07, 6.45) is 9.84. The maximum atomic E-state index is 5.29. The van der Waals surface area contributed by atoms with Crippen LogP contribution in [0, 0.1) is 18.8 Å². The van der Waals surface area contributed by atoms with Crippen molar-refractivity contribution in [2.45, 2.75) is 25.7 Å². The van der Waals surface area contributed by atoms with E-state index in [4.69, 9.17) is 5.73 Å². The molecular formula is C8H15N. The molecular weight excluding hydrogens is 110 g/mol. The molecule has 0 aromatic heterocycles. The Bertz CT molecular complexity index is 67.0. The van der Waals surface area contributed by atoms with E-state index in [-0.39, 0.29) is 0 Å². The average molecular weight is 125 g/mol. The molecule has 0 unspecified atom stereocenters. The molecule has 0 aromatic rings. The first-order valence-electron chi connectivity index (χ1n) is 3.78. The minimum atomic E-state index is 0.735. The number of hydrogen-bond donors (Lipinski definition) is 1. The molecule has 1 saturated carbocycles. The molecule has 1 aliphatic rings. The van der Waals surface area contributed by atoms with Crippen LogP contribution in [0.4, 0.5) is 0 Å². The van der Waals surface area contributed by atoms with Gasteiger partial charge in [-0.05, 0) is 51.0 Å². The summed E-state index contributed by atoms with van der Waals surface area (Å²) in [7, 11) is 0. The summed E-state index contributed by atoms with van der Waals surface area (Å²) in [5, 5.41) is 0. The van der Waals surface area contributed by atoms with Crippen LogP contribution in [-0.4, -0.2) is 6.54 Å². The predicted molar refractivity (Wildman–Crippen MR) is 39.6 cm³/mol. The van der Waals surface area contributed by atoms with E-state index < -0.39 is 0 Å². The van der Waals surface area contributed by atoms with Gasteiger partial charge in [0, 0.05) is 0 Å². The Balaban J connectivity index is 1.71. The van der Waals surface area contributed by atoms with E-state index in [0.29, 0.717) is 0 Å². The third-order valence-electron chi connectivity index (χ3n) is 1.66. The summed E-state index contributed by atoms with van der Waals surface area (Å²) in [5.74, 6) is 0.969. The third kappa shape index (κ3) is 3.52. The summed E-state index contributed by atoms with van der Waals surface area (Å²) < 4.78 is 0. The molecule has 0 heterocycles. The molecule has 0 amide bonds. The summed E-state index contributed by atoms with van der Waals surface area (Å²) >= 11 is 0. The zero-order valence-electron chi connectivity index (χ0n) is 5.84. The van der Waals surface area contributed by atoms with Gasteiger partial charge in [-0.2, -0.15) is 0 Å². The Morgan fingerprint density at radius 3 is 2.67 bits per heavy atom. The topological polar surface area (TPSA) is 26.0 Å². The molecule has 52 valence electrons. The molecule has 1 heteroatoms. The van der Waals surface area contributed by atoms with E-state index >= 15 is 0 Å². The van der Waals surface area contributed by atoms with Gasteiger partial charge in [0.1, 0.15) is 0 Å². The van der Waals surface area contributed by atoms with E-state index in [1.54, 1.807) is 0 Å². The van der Waals surface area contributed by atoms with Gasteiger partial charge >= 0.3 is 0 Å². The predicted octanol–water partition coefficient (Wildman–Crippen LogP) is 1.54. The average Bonchev–Trinajstić information content (AvgIpc) is 2.63. The fraction of sp³-hybridized carbons (Fsp3) is 0.750. The quantitative estimate of drug-likeness (QED) is 0.554. The maximum absolute atomic E-state index is 5.29. The molecule has 1 nitrogen and oxygen atoms in total. The fourth-order valence-electron chi connectivity index (χ4n) is 0.900. The molecule has 0 aromatic carbocycles. The minimum Gasteiger partial charge on any atom is -0.330 e. The molecule has 0 atom stereocenters. The van der Waals surface area contributed by atoms with E-state index in [1.807, 2.05) is 0 Å². The van der Waals surface area contributed by atoms with E-state index in [9.17, 15) is 0 Å². The van der Waals surface area contributed by atoms with E-state index in [0.717, 1.165) is 12.5 Å². The van der Waals surface area contributed by atoms with Crippen LogP contribution in [0.3, 0.4) is 0 Å². The number of rotatable bonds is 5. The van der Waals surface area contributed by atoms with Crippen LogP contribution in [-0.2, 0) is 0 Å². The Kier molecular flexibility index (Phi) is 3.05. The number of hydrogen-bond acceptors (Lipinski definition) is 1. The zero-order chi connectivity index (χ0) is 6.53. The van der Waals surface area contributed by atoms with Crippen LogP contribution >= 0.6 is 0 Å². The first-order chi connectivity index (χ1) is 4.43. The second-order valence-electron chi connectivity index (χ2n) is 2.67. The highest BCUT2D eigenvalue weighted by Gasteiger charge is 2.19. The number of nitrogens with two attached hydrogens (primary N) is 1. The molecule has 9 heavy (non-hydrogen) atoms. The monoisotopic (exact) mass is 125 g/mol. The van der Waals surface area contributed by atoms with E-state index in [1.165, 1.54) is 25.7 Å². The zero-order valence-corrected chi connectivity index (χ0v) is 5.84. The lowest BCUT2D eigenvalue weighted by Crippen LogP contribution is -1.98. The second kappa shape index (κ2) is 3.89. The van der Waals surface area contributed by atoms with Crippen molar-refractivity contribution in [3.8, 4) is 0 Å². The van der Waals surface area contributed by atoms with Crippen molar-refractivity contribution < 1.29 is 0 Å². The second-order valence-corrected chi connectivity index (χ2v) is 2.67. The SMILES string of the molecule is NC[CH]CC[CH]C1CC1. The Morgan fingerprint density at radius 2 is 2.11 bits per heavy atom. The van der Waals surface area contributed by atoms with Gasteiger partial charge in [-0.25, -0.2) is 0 Å². The van der Waals surface area contributed by atoms with Crippen molar-refractivity contribution in [2.24, 2.45) is 11.7 Å². The highest BCUT2D eigenvalue weighted by Crippen LogP contribution is 2.32. The Labute approximate surface area is 57.6 Å². The molecule has 0 spiro atoms. The molecule has 0 bridgehead atoms. The van der Waals surface area contributed by atoms with Gasteiger partial charge in [0.2, 0.25) is 0 Å². The molecule has 2 radical (unpaired) electrons. The summed E-state index contributed by atoms with van der Waals surface area (Å²) in [6.45, 7) is 0.735. The van der Waals surface area contributed by atoms with Gasteiger partial charge in [0.05, 0.1) is 0 Å². The first kappa shape index (κ1) is 7.07.